The summed E-state index contributed by atoms with van der Waals surface area (Å²) >= 11 is 1.30. The fourth-order valence-electron chi connectivity index (χ4n) is 3.91. The quantitative estimate of drug-likeness (QED) is 0.594. The van der Waals surface area contributed by atoms with Crippen molar-refractivity contribution < 1.29 is 19.1 Å². The van der Waals surface area contributed by atoms with Gasteiger partial charge in [0.05, 0.1) is 12.1 Å². The number of hydrogen-bond acceptors (Lipinski definition) is 6. The fourth-order valence-corrected chi connectivity index (χ4v) is 5.16. The molecule has 0 amide bonds. The van der Waals surface area contributed by atoms with E-state index >= 15 is 0 Å². The van der Waals surface area contributed by atoms with Crippen molar-refractivity contribution in [3.8, 4) is 0 Å². The number of halogens is 1. The number of carbonyl (C=O) groups is 2. The van der Waals surface area contributed by atoms with Crippen molar-refractivity contribution in [2.24, 2.45) is 0 Å². The highest BCUT2D eigenvalue weighted by Crippen LogP contribution is 2.40. The summed E-state index contributed by atoms with van der Waals surface area (Å²) in [5, 5.41) is 9.06. The number of benzene rings is 2. The molecule has 0 bridgehead atoms. The second-order valence-corrected chi connectivity index (χ2v) is 9.02. The van der Waals surface area contributed by atoms with Crippen molar-refractivity contribution in [3.63, 3.8) is 0 Å². The Balaban J connectivity index is 1.51. The van der Waals surface area contributed by atoms with E-state index in [9.17, 15) is 19.1 Å². The lowest BCUT2D eigenvalue weighted by molar-refractivity contribution is -0.139. The normalized spacial score (nSPS) is 23.8. The first-order valence-electron chi connectivity index (χ1n) is 10.2. The Hall–Kier alpha value is -2.22. The predicted molar refractivity (Wildman–Crippen MR) is 116 cm³/mol. The van der Waals surface area contributed by atoms with Gasteiger partial charge in [-0.25, -0.2) is 8.70 Å². The number of nitrogens with zero attached hydrogens (tertiary/aromatic N) is 2. The summed E-state index contributed by atoms with van der Waals surface area (Å²) in [5.41, 5.74) is 2.07. The van der Waals surface area contributed by atoms with E-state index in [1.165, 1.54) is 18.0 Å². The van der Waals surface area contributed by atoms with Crippen LogP contribution in [-0.4, -0.2) is 46.2 Å². The van der Waals surface area contributed by atoms with Gasteiger partial charge in [-0.1, -0.05) is 48.3 Å². The molecule has 1 unspecified atom stereocenters. The Bertz CT molecular complexity index is 931. The highest BCUT2D eigenvalue weighted by molar-refractivity contribution is 7.98. The maximum Gasteiger partial charge on any atom is 0.218 e. The molecule has 0 saturated carbocycles. The van der Waals surface area contributed by atoms with Crippen LogP contribution in [0.3, 0.4) is 0 Å². The number of hydrogen-bond donors (Lipinski definition) is 1. The lowest BCUT2D eigenvalue weighted by Gasteiger charge is -2.35. The number of carbonyl (C=O) groups excluding carboxylic acids is 2. The van der Waals surface area contributed by atoms with Crippen LogP contribution in [0.2, 0.25) is 0 Å². The molecule has 2 aromatic carbocycles. The number of Topliss-reactive ketones (excluding diaryl/α,β-unsaturated/α-hetero) is 2. The van der Waals surface area contributed by atoms with Gasteiger partial charge in [0.1, 0.15) is 11.1 Å². The first-order valence-corrected chi connectivity index (χ1v) is 11.1. The van der Waals surface area contributed by atoms with Crippen LogP contribution in [0.1, 0.15) is 36.1 Å². The van der Waals surface area contributed by atoms with E-state index in [0.717, 1.165) is 11.3 Å². The molecule has 2 aliphatic heterocycles. The number of rotatable bonds is 4. The summed E-state index contributed by atoms with van der Waals surface area (Å²) in [6.45, 7) is 3.33. The van der Waals surface area contributed by atoms with Gasteiger partial charge < -0.3 is 10.0 Å². The average molecular weight is 429 g/mol. The summed E-state index contributed by atoms with van der Waals surface area (Å²) in [7, 11) is 0. The first kappa shape index (κ1) is 21.0. The minimum atomic E-state index is -0.606. The van der Waals surface area contributed by atoms with Crippen LogP contribution in [0, 0.1) is 5.82 Å². The maximum atomic E-state index is 14.9. The summed E-state index contributed by atoms with van der Waals surface area (Å²) < 4.78 is 16.7. The summed E-state index contributed by atoms with van der Waals surface area (Å²) in [6, 6.07) is 13.8. The van der Waals surface area contributed by atoms with Gasteiger partial charge in [0.2, 0.25) is 11.6 Å². The SMILES string of the molecule is C[C@H]1C(=O)C(=O)C(c2ccccc2)SN1Cc1ccc(N2CCC(O)CC2)cc1F. The lowest BCUT2D eigenvalue weighted by atomic mass is 10.0. The van der Waals surface area contributed by atoms with Gasteiger partial charge in [0.25, 0.3) is 0 Å². The van der Waals surface area contributed by atoms with Crippen molar-refractivity contribution in [1.29, 1.82) is 0 Å². The highest BCUT2D eigenvalue weighted by Gasteiger charge is 2.41. The smallest absolute Gasteiger partial charge is 0.218 e. The molecule has 0 aliphatic carbocycles. The zero-order chi connectivity index (χ0) is 21.3. The van der Waals surface area contributed by atoms with Crippen LogP contribution in [0.25, 0.3) is 0 Å². The molecule has 2 fully saturated rings. The second kappa shape index (κ2) is 8.88. The third-order valence-electron chi connectivity index (χ3n) is 5.83. The van der Waals surface area contributed by atoms with E-state index in [4.69, 9.17) is 0 Å². The van der Waals surface area contributed by atoms with Crippen LogP contribution in [0.15, 0.2) is 48.5 Å². The molecule has 5 nitrogen and oxygen atoms in total. The molecule has 0 radical (unpaired) electrons. The van der Waals surface area contributed by atoms with Crippen LogP contribution in [0.5, 0.6) is 0 Å². The number of ketones is 2. The van der Waals surface area contributed by atoms with E-state index in [1.54, 1.807) is 17.3 Å². The van der Waals surface area contributed by atoms with Gasteiger partial charge >= 0.3 is 0 Å². The van der Waals surface area contributed by atoms with Gasteiger partial charge in [-0.15, -0.1) is 0 Å². The van der Waals surface area contributed by atoms with Crippen LogP contribution >= 0.6 is 11.9 Å². The summed E-state index contributed by atoms with van der Waals surface area (Å²) in [6.07, 6.45) is 1.09. The largest absolute Gasteiger partial charge is 0.393 e. The molecule has 2 heterocycles. The zero-order valence-corrected chi connectivity index (χ0v) is 17.6. The Morgan fingerprint density at radius 2 is 1.77 bits per heavy atom. The molecule has 7 heteroatoms. The molecule has 2 atom stereocenters. The van der Waals surface area contributed by atoms with Gasteiger partial charge in [-0.3, -0.25) is 9.59 Å². The molecule has 2 aliphatic rings. The van der Waals surface area contributed by atoms with E-state index in [2.05, 4.69) is 4.90 Å². The minimum absolute atomic E-state index is 0.235. The molecule has 1 N–H and O–H groups in total. The number of aliphatic hydroxyl groups excluding tert-OH is 1. The standard InChI is InChI=1S/C23H25FN2O3S/c1-15-21(28)22(29)23(16-5-3-2-4-6-16)30-26(15)14-17-7-8-18(13-20(17)24)25-11-9-19(27)10-12-25/h2-8,13,15,19,23,27H,9-12,14H2,1H3/t15-,23?/m0/s1. The van der Waals surface area contributed by atoms with Crippen molar-refractivity contribution in [3.05, 3.63) is 65.5 Å². The van der Waals surface area contributed by atoms with Gasteiger partial charge in [-0.05, 0) is 37.5 Å². The van der Waals surface area contributed by atoms with Gasteiger partial charge in [-0.2, -0.15) is 0 Å². The third-order valence-corrected chi connectivity index (χ3v) is 7.24. The number of piperidine rings is 1. The van der Waals surface area contributed by atoms with Crippen molar-refractivity contribution in [1.82, 2.24) is 4.31 Å². The monoisotopic (exact) mass is 428 g/mol. The van der Waals surface area contributed by atoms with Gasteiger partial charge in [0.15, 0.2) is 0 Å². The molecule has 30 heavy (non-hydrogen) atoms. The van der Waals surface area contributed by atoms with E-state index in [1.807, 2.05) is 36.4 Å². The maximum absolute atomic E-state index is 14.9. The second-order valence-electron chi connectivity index (χ2n) is 7.87. The number of aliphatic hydroxyl groups is 1. The van der Waals surface area contributed by atoms with E-state index < -0.39 is 22.9 Å². The van der Waals surface area contributed by atoms with Crippen molar-refractivity contribution in [2.45, 2.75) is 43.7 Å². The van der Waals surface area contributed by atoms with Crippen LogP contribution < -0.4 is 4.90 Å². The molecular formula is C23H25FN2O3S. The Kier molecular flexibility index (Phi) is 6.22. The Morgan fingerprint density at radius 1 is 1.07 bits per heavy atom. The van der Waals surface area contributed by atoms with E-state index in [-0.39, 0.29) is 18.5 Å². The van der Waals surface area contributed by atoms with E-state index in [0.29, 0.717) is 31.5 Å². The third kappa shape index (κ3) is 4.29. The predicted octanol–water partition coefficient (Wildman–Crippen LogP) is 3.52. The fraction of sp³-hybridized carbons (Fsp3) is 0.391. The summed E-state index contributed by atoms with van der Waals surface area (Å²) in [4.78, 5) is 27.2. The topological polar surface area (TPSA) is 60.9 Å². The van der Waals surface area contributed by atoms with Crippen molar-refractivity contribution >= 4 is 29.2 Å². The zero-order valence-electron chi connectivity index (χ0n) is 16.8. The Morgan fingerprint density at radius 3 is 2.43 bits per heavy atom. The molecule has 2 aromatic rings. The molecule has 158 valence electrons. The molecule has 0 aromatic heterocycles. The average Bonchev–Trinajstić information content (AvgIpc) is 2.76. The molecular weight excluding hydrogens is 403 g/mol. The number of anilines is 1. The molecule has 4 rings (SSSR count). The highest BCUT2D eigenvalue weighted by atomic mass is 32.2. The lowest BCUT2D eigenvalue weighted by Crippen LogP contribution is -2.45. The van der Waals surface area contributed by atoms with Crippen LogP contribution in [0.4, 0.5) is 10.1 Å². The molecule has 0 spiro atoms. The van der Waals surface area contributed by atoms with Crippen LogP contribution in [-0.2, 0) is 16.1 Å². The van der Waals surface area contributed by atoms with Gasteiger partial charge in [0, 0.05) is 30.9 Å². The summed E-state index contributed by atoms with van der Waals surface area (Å²) in [5.74, 6) is -1.17. The molecule has 2 saturated heterocycles. The minimum Gasteiger partial charge on any atom is -0.393 e. The Labute approximate surface area is 180 Å². The van der Waals surface area contributed by atoms with Crippen molar-refractivity contribution in [2.75, 3.05) is 18.0 Å². The first-order chi connectivity index (χ1) is 14.4.